The van der Waals surface area contributed by atoms with Crippen LogP contribution in [-0.4, -0.2) is 62.4 Å². The molecule has 98 valence electrons. The van der Waals surface area contributed by atoms with E-state index in [1.54, 1.807) is 7.11 Å². The van der Waals surface area contributed by atoms with Gasteiger partial charge in [-0.2, -0.15) is 0 Å². The van der Waals surface area contributed by atoms with Gasteiger partial charge >= 0.3 is 0 Å². The van der Waals surface area contributed by atoms with Gasteiger partial charge in [-0.15, -0.1) is 0 Å². The van der Waals surface area contributed by atoms with Crippen molar-refractivity contribution in [2.45, 2.75) is 31.5 Å². The van der Waals surface area contributed by atoms with E-state index in [2.05, 4.69) is 12.2 Å². The van der Waals surface area contributed by atoms with Gasteiger partial charge in [-0.25, -0.2) is 0 Å². The van der Waals surface area contributed by atoms with E-state index in [-0.39, 0.29) is 17.6 Å². The molecular weight excluding hydrogens is 220 g/mol. The number of carbonyl (C=O) groups is 1. The number of hydrogen-bond acceptors (Lipinski definition) is 4. The van der Waals surface area contributed by atoms with Crippen LogP contribution < -0.4 is 5.32 Å². The minimum Gasteiger partial charge on any atom is -0.377 e. The third-order valence-electron chi connectivity index (χ3n) is 3.67. The molecule has 0 aromatic carbocycles. The molecule has 5 heteroatoms. The fourth-order valence-electron chi connectivity index (χ4n) is 2.49. The second-order valence-corrected chi connectivity index (χ2v) is 5.08. The first kappa shape index (κ1) is 12.8. The number of carbonyl (C=O) groups excluding carboxylic acids is 1. The lowest BCUT2D eigenvalue weighted by Crippen LogP contribution is -2.55. The van der Waals surface area contributed by atoms with Gasteiger partial charge in [0.2, 0.25) is 0 Å². The van der Waals surface area contributed by atoms with Gasteiger partial charge in [0, 0.05) is 33.3 Å². The van der Waals surface area contributed by atoms with Gasteiger partial charge in [0.1, 0.15) is 6.10 Å². The molecule has 1 amide bonds. The Morgan fingerprint density at radius 1 is 1.59 bits per heavy atom. The lowest BCUT2D eigenvalue weighted by Gasteiger charge is -2.41. The zero-order valence-corrected chi connectivity index (χ0v) is 10.7. The highest BCUT2D eigenvalue weighted by molar-refractivity contribution is 5.81. The number of piperidine rings is 1. The topological polar surface area (TPSA) is 50.8 Å². The number of hydrogen-bond donors (Lipinski definition) is 1. The first-order chi connectivity index (χ1) is 8.14. The van der Waals surface area contributed by atoms with Crippen molar-refractivity contribution in [3.63, 3.8) is 0 Å². The summed E-state index contributed by atoms with van der Waals surface area (Å²) < 4.78 is 11.0. The van der Waals surface area contributed by atoms with Crippen LogP contribution in [-0.2, 0) is 14.3 Å². The number of methoxy groups -OCH3 is 1. The maximum absolute atomic E-state index is 12.3. The zero-order chi connectivity index (χ0) is 12.3. The van der Waals surface area contributed by atoms with Crippen molar-refractivity contribution in [2.75, 3.05) is 39.9 Å². The number of amides is 1. The third kappa shape index (κ3) is 2.97. The van der Waals surface area contributed by atoms with Gasteiger partial charge in [-0.1, -0.05) is 0 Å². The number of morpholine rings is 1. The maximum atomic E-state index is 12.3. The van der Waals surface area contributed by atoms with E-state index >= 15 is 0 Å². The average molecular weight is 242 g/mol. The smallest absolute Gasteiger partial charge is 0.253 e. The SMILES string of the molecule is COC1(C)CCCN(C(=O)C2CNCCO2)C1. The summed E-state index contributed by atoms with van der Waals surface area (Å²) in [6.07, 6.45) is 1.69. The molecular formula is C12H22N2O3. The van der Waals surface area contributed by atoms with Gasteiger partial charge in [0.05, 0.1) is 12.2 Å². The van der Waals surface area contributed by atoms with Crippen molar-refractivity contribution >= 4 is 5.91 Å². The molecule has 5 nitrogen and oxygen atoms in total. The van der Waals surface area contributed by atoms with E-state index in [4.69, 9.17) is 9.47 Å². The maximum Gasteiger partial charge on any atom is 0.253 e. The first-order valence-electron chi connectivity index (χ1n) is 6.31. The highest BCUT2D eigenvalue weighted by atomic mass is 16.5. The van der Waals surface area contributed by atoms with Gasteiger partial charge in [-0.3, -0.25) is 4.79 Å². The molecule has 17 heavy (non-hydrogen) atoms. The van der Waals surface area contributed by atoms with Crippen molar-refractivity contribution in [1.29, 1.82) is 0 Å². The summed E-state index contributed by atoms with van der Waals surface area (Å²) in [5, 5.41) is 3.19. The molecule has 1 N–H and O–H groups in total. The number of ether oxygens (including phenoxy) is 2. The molecule has 2 aliphatic heterocycles. The molecule has 0 aliphatic carbocycles. The lowest BCUT2D eigenvalue weighted by molar-refractivity contribution is -0.152. The molecule has 0 aromatic rings. The second kappa shape index (κ2) is 5.33. The number of nitrogens with one attached hydrogen (secondary N) is 1. The highest BCUT2D eigenvalue weighted by Gasteiger charge is 2.36. The Bertz CT molecular complexity index is 279. The van der Waals surface area contributed by atoms with Crippen molar-refractivity contribution < 1.29 is 14.3 Å². The summed E-state index contributed by atoms with van der Waals surface area (Å²) in [7, 11) is 1.71. The molecule has 0 bridgehead atoms. The molecule has 2 atom stereocenters. The summed E-state index contributed by atoms with van der Waals surface area (Å²) >= 11 is 0. The van der Waals surface area contributed by atoms with Crippen LogP contribution in [0.25, 0.3) is 0 Å². The van der Waals surface area contributed by atoms with Crippen molar-refractivity contribution in [3.8, 4) is 0 Å². The fraction of sp³-hybridized carbons (Fsp3) is 0.917. The van der Waals surface area contributed by atoms with Crippen LogP contribution >= 0.6 is 0 Å². The summed E-state index contributed by atoms with van der Waals surface area (Å²) in [5.41, 5.74) is -0.198. The molecule has 0 spiro atoms. The van der Waals surface area contributed by atoms with Crippen LogP contribution in [0.5, 0.6) is 0 Å². The molecule has 0 saturated carbocycles. The van der Waals surface area contributed by atoms with Crippen LogP contribution in [0.1, 0.15) is 19.8 Å². The minimum absolute atomic E-state index is 0.0974. The van der Waals surface area contributed by atoms with Crippen molar-refractivity contribution in [2.24, 2.45) is 0 Å². The van der Waals surface area contributed by atoms with Crippen LogP contribution in [0, 0.1) is 0 Å². The van der Waals surface area contributed by atoms with E-state index < -0.39 is 0 Å². The summed E-state index contributed by atoms with van der Waals surface area (Å²) in [4.78, 5) is 14.1. The molecule has 2 saturated heterocycles. The molecule has 2 fully saturated rings. The summed E-state index contributed by atoms with van der Waals surface area (Å²) in [5.74, 6) is 0.0974. The van der Waals surface area contributed by atoms with Gasteiger partial charge < -0.3 is 19.7 Å². The van der Waals surface area contributed by atoms with E-state index in [0.29, 0.717) is 19.7 Å². The molecule has 0 radical (unpaired) electrons. The van der Waals surface area contributed by atoms with Gasteiger partial charge in [-0.05, 0) is 19.8 Å². The van der Waals surface area contributed by atoms with Crippen molar-refractivity contribution in [3.05, 3.63) is 0 Å². The van der Waals surface area contributed by atoms with E-state index in [0.717, 1.165) is 25.9 Å². The Labute approximate surface area is 102 Å². The Morgan fingerprint density at radius 2 is 2.41 bits per heavy atom. The van der Waals surface area contributed by atoms with Crippen molar-refractivity contribution in [1.82, 2.24) is 10.2 Å². The predicted molar refractivity (Wildman–Crippen MR) is 63.8 cm³/mol. The van der Waals surface area contributed by atoms with Crippen LogP contribution in [0.3, 0.4) is 0 Å². The Morgan fingerprint density at radius 3 is 3.06 bits per heavy atom. The second-order valence-electron chi connectivity index (χ2n) is 5.08. The summed E-state index contributed by atoms with van der Waals surface area (Å²) in [6, 6.07) is 0. The molecule has 2 aliphatic rings. The number of nitrogens with zero attached hydrogens (tertiary/aromatic N) is 1. The van der Waals surface area contributed by atoms with Crippen LogP contribution in [0.15, 0.2) is 0 Å². The number of rotatable bonds is 2. The Hall–Kier alpha value is -0.650. The normalized spacial score (nSPS) is 34.7. The Balaban J connectivity index is 1.94. The van der Waals surface area contributed by atoms with Crippen LogP contribution in [0.4, 0.5) is 0 Å². The largest absolute Gasteiger partial charge is 0.377 e. The number of likely N-dealkylation sites (tertiary alicyclic amines) is 1. The monoisotopic (exact) mass is 242 g/mol. The molecule has 0 aromatic heterocycles. The quantitative estimate of drug-likeness (QED) is 0.740. The minimum atomic E-state index is -0.317. The molecule has 2 rings (SSSR count). The first-order valence-corrected chi connectivity index (χ1v) is 6.31. The Kier molecular flexibility index (Phi) is 4.01. The lowest BCUT2D eigenvalue weighted by atomic mass is 9.94. The standard InChI is InChI=1S/C12H22N2O3/c1-12(16-2)4-3-6-14(9-12)11(15)10-8-13-5-7-17-10/h10,13H,3-9H2,1-2H3. The van der Waals surface area contributed by atoms with Gasteiger partial charge in [0.25, 0.3) is 5.91 Å². The van der Waals surface area contributed by atoms with E-state index in [1.807, 2.05) is 4.90 Å². The predicted octanol–water partition coefficient (Wildman–Crippen LogP) is 0.00230. The molecule has 2 heterocycles. The zero-order valence-electron chi connectivity index (χ0n) is 10.7. The van der Waals surface area contributed by atoms with E-state index in [1.165, 1.54) is 0 Å². The van der Waals surface area contributed by atoms with Gasteiger partial charge in [0.15, 0.2) is 0 Å². The van der Waals surface area contributed by atoms with Crippen LogP contribution in [0.2, 0.25) is 0 Å². The fourth-order valence-corrected chi connectivity index (χ4v) is 2.49. The highest BCUT2D eigenvalue weighted by Crippen LogP contribution is 2.24. The average Bonchev–Trinajstić information content (AvgIpc) is 2.39. The van der Waals surface area contributed by atoms with E-state index in [9.17, 15) is 4.79 Å². The molecule has 2 unspecified atom stereocenters. The summed E-state index contributed by atoms with van der Waals surface area (Å²) in [6.45, 7) is 5.62. The third-order valence-corrected chi connectivity index (χ3v) is 3.67.